The Morgan fingerprint density at radius 1 is 1.16 bits per heavy atom. The standard InChI is InChI=1S/C20H18F3NO/c1-2-14-7-3-5-11-19(14,18-8-4-6-12-24-18)16-13-15(20(21,22)23)9-10-17(16)25/h3-14,25H,2H2,1H3. The minimum absolute atomic E-state index is 0.123. The van der Waals surface area contributed by atoms with E-state index in [4.69, 9.17) is 0 Å². The van der Waals surface area contributed by atoms with E-state index in [1.165, 1.54) is 0 Å². The monoisotopic (exact) mass is 345 g/mol. The highest BCUT2D eigenvalue weighted by Crippen LogP contribution is 2.48. The molecule has 1 aromatic carbocycles. The Labute approximate surface area is 144 Å². The van der Waals surface area contributed by atoms with Crippen LogP contribution in [0.3, 0.4) is 0 Å². The lowest BCUT2D eigenvalue weighted by Crippen LogP contribution is -2.36. The van der Waals surface area contributed by atoms with Gasteiger partial charge in [-0.25, -0.2) is 0 Å². The van der Waals surface area contributed by atoms with Gasteiger partial charge in [0.25, 0.3) is 0 Å². The molecule has 2 atom stereocenters. The van der Waals surface area contributed by atoms with E-state index in [1.54, 1.807) is 30.5 Å². The molecule has 2 nitrogen and oxygen atoms in total. The number of hydrogen-bond acceptors (Lipinski definition) is 2. The smallest absolute Gasteiger partial charge is 0.416 e. The molecular weight excluding hydrogens is 327 g/mol. The zero-order valence-corrected chi connectivity index (χ0v) is 13.7. The van der Waals surface area contributed by atoms with E-state index in [1.807, 2.05) is 25.2 Å². The zero-order chi connectivity index (χ0) is 18.1. The first-order valence-corrected chi connectivity index (χ1v) is 8.08. The number of halogens is 3. The number of alkyl halides is 3. The van der Waals surface area contributed by atoms with Crippen molar-refractivity contribution in [2.45, 2.75) is 24.9 Å². The summed E-state index contributed by atoms with van der Waals surface area (Å²) < 4.78 is 39.7. The van der Waals surface area contributed by atoms with Crippen molar-refractivity contribution in [2.75, 3.05) is 0 Å². The van der Waals surface area contributed by atoms with Crippen LogP contribution in [0.5, 0.6) is 5.75 Å². The predicted molar refractivity (Wildman–Crippen MR) is 90.2 cm³/mol. The number of aromatic hydroxyl groups is 1. The van der Waals surface area contributed by atoms with E-state index in [9.17, 15) is 18.3 Å². The van der Waals surface area contributed by atoms with Crippen molar-refractivity contribution in [3.05, 3.63) is 83.7 Å². The van der Waals surface area contributed by atoms with Crippen LogP contribution in [-0.2, 0) is 11.6 Å². The van der Waals surface area contributed by atoms with Crippen LogP contribution in [0.1, 0.15) is 30.2 Å². The first kappa shape index (κ1) is 17.3. The largest absolute Gasteiger partial charge is 0.508 e. The molecular formula is C20H18F3NO. The molecule has 1 heterocycles. The number of phenolic OH excluding ortho intramolecular Hbond substituents is 1. The Morgan fingerprint density at radius 3 is 2.60 bits per heavy atom. The predicted octanol–water partition coefficient (Wildman–Crippen LogP) is 5.24. The number of pyridine rings is 1. The van der Waals surface area contributed by atoms with Gasteiger partial charge in [-0.2, -0.15) is 13.2 Å². The van der Waals surface area contributed by atoms with Gasteiger partial charge in [0, 0.05) is 11.8 Å². The normalized spacial score (nSPS) is 23.0. The maximum Gasteiger partial charge on any atom is 0.416 e. The molecule has 5 heteroatoms. The van der Waals surface area contributed by atoms with Crippen LogP contribution >= 0.6 is 0 Å². The van der Waals surface area contributed by atoms with Crippen molar-refractivity contribution >= 4 is 0 Å². The van der Waals surface area contributed by atoms with Crippen LogP contribution in [0.2, 0.25) is 0 Å². The Morgan fingerprint density at radius 2 is 1.96 bits per heavy atom. The van der Waals surface area contributed by atoms with Gasteiger partial charge in [0.15, 0.2) is 0 Å². The van der Waals surface area contributed by atoms with Gasteiger partial charge in [-0.05, 0) is 42.7 Å². The average Bonchev–Trinajstić information content (AvgIpc) is 2.61. The van der Waals surface area contributed by atoms with Crippen molar-refractivity contribution in [3.8, 4) is 5.75 Å². The third-order valence-electron chi connectivity index (χ3n) is 4.70. The lowest BCUT2D eigenvalue weighted by atomic mass is 9.64. The van der Waals surface area contributed by atoms with Crippen molar-refractivity contribution in [3.63, 3.8) is 0 Å². The van der Waals surface area contributed by atoms with Crippen molar-refractivity contribution in [1.29, 1.82) is 0 Å². The maximum atomic E-state index is 13.2. The third kappa shape index (κ3) is 2.95. The molecule has 0 aliphatic heterocycles. The summed E-state index contributed by atoms with van der Waals surface area (Å²) in [6, 6.07) is 8.39. The summed E-state index contributed by atoms with van der Waals surface area (Å²) in [6.07, 6.45) is 5.27. The highest BCUT2D eigenvalue weighted by molar-refractivity contribution is 5.53. The highest BCUT2D eigenvalue weighted by Gasteiger charge is 2.43. The Bertz CT molecular complexity index is 811. The second kappa shape index (κ2) is 6.39. The van der Waals surface area contributed by atoms with Crippen LogP contribution in [0.25, 0.3) is 0 Å². The number of phenols is 1. The van der Waals surface area contributed by atoms with Crippen molar-refractivity contribution in [1.82, 2.24) is 4.98 Å². The van der Waals surface area contributed by atoms with E-state index in [0.717, 1.165) is 18.2 Å². The summed E-state index contributed by atoms with van der Waals surface area (Å²) >= 11 is 0. The van der Waals surface area contributed by atoms with Gasteiger partial charge in [-0.15, -0.1) is 0 Å². The second-order valence-corrected chi connectivity index (χ2v) is 6.07. The van der Waals surface area contributed by atoms with Gasteiger partial charge < -0.3 is 5.11 Å². The molecule has 1 aliphatic carbocycles. The second-order valence-electron chi connectivity index (χ2n) is 6.07. The van der Waals surface area contributed by atoms with Gasteiger partial charge in [0.1, 0.15) is 5.75 Å². The van der Waals surface area contributed by atoms with Crippen molar-refractivity contribution in [2.24, 2.45) is 5.92 Å². The molecule has 0 spiro atoms. The molecule has 25 heavy (non-hydrogen) atoms. The highest BCUT2D eigenvalue weighted by atomic mass is 19.4. The number of benzene rings is 1. The summed E-state index contributed by atoms with van der Waals surface area (Å²) in [5.74, 6) is -0.293. The number of nitrogens with zero attached hydrogens (tertiary/aromatic N) is 1. The topological polar surface area (TPSA) is 33.1 Å². The molecule has 0 fully saturated rings. The quantitative estimate of drug-likeness (QED) is 0.825. The summed E-state index contributed by atoms with van der Waals surface area (Å²) in [6.45, 7) is 1.97. The summed E-state index contributed by atoms with van der Waals surface area (Å²) in [7, 11) is 0. The number of aromatic nitrogens is 1. The molecule has 1 aromatic heterocycles. The first-order valence-electron chi connectivity index (χ1n) is 8.08. The molecule has 0 saturated heterocycles. The molecule has 2 aromatic rings. The fourth-order valence-electron chi connectivity index (χ4n) is 3.49. The number of allylic oxidation sites excluding steroid dienone is 4. The molecule has 3 rings (SSSR count). The maximum absolute atomic E-state index is 13.2. The third-order valence-corrected chi connectivity index (χ3v) is 4.70. The fourth-order valence-corrected chi connectivity index (χ4v) is 3.49. The summed E-state index contributed by atoms with van der Waals surface area (Å²) in [5.41, 5.74) is -0.908. The SMILES string of the molecule is CCC1C=CC=CC1(c1ccccn1)c1cc(C(F)(F)F)ccc1O. The van der Waals surface area contributed by atoms with Gasteiger partial charge in [-0.1, -0.05) is 37.3 Å². The summed E-state index contributed by atoms with van der Waals surface area (Å²) in [5, 5.41) is 10.4. The van der Waals surface area contributed by atoms with E-state index in [2.05, 4.69) is 4.98 Å². The van der Waals surface area contributed by atoms with E-state index < -0.39 is 17.2 Å². The van der Waals surface area contributed by atoms with Crippen LogP contribution in [0.15, 0.2) is 66.9 Å². The Kier molecular flexibility index (Phi) is 4.41. The van der Waals surface area contributed by atoms with Gasteiger partial charge in [0.2, 0.25) is 0 Å². The molecule has 0 radical (unpaired) electrons. The van der Waals surface area contributed by atoms with Crippen LogP contribution in [0.4, 0.5) is 13.2 Å². The van der Waals surface area contributed by atoms with Gasteiger partial charge >= 0.3 is 6.18 Å². The molecule has 0 saturated carbocycles. The number of rotatable bonds is 3. The summed E-state index contributed by atoms with van der Waals surface area (Å²) in [4.78, 5) is 4.40. The molecule has 2 unspecified atom stereocenters. The molecule has 1 N–H and O–H groups in total. The molecule has 130 valence electrons. The Hall–Kier alpha value is -2.56. The minimum atomic E-state index is -4.48. The first-order chi connectivity index (χ1) is 11.9. The fraction of sp³-hybridized carbons (Fsp3) is 0.250. The average molecular weight is 345 g/mol. The van der Waals surface area contributed by atoms with Crippen molar-refractivity contribution < 1.29 is 18.3 Å². The molecule has 0 bridgehead atoms. The molecule has 1 aliphatic rings. The van der Waals surface area contributed by atoms with Gasteiger partial charge in [0.05, 0.1) is 16.7 Å². The van der Waals surface area contributed by atoms with E-state index in [0.29, 0.717) is 12.1 Å². The minimum Gasteiger partial charge on any atom is -0.508 e. The lowest BCUT2D eigenvalue weighted by Gasteiger charge is -2.39. The van der Waals surface area contributed by atoms with Crippen LogP contribution in [-0.4, -0.2) is 10.1 Å². The van der Waals surface area contributed by atoms with Crippen LogP contribution < -0.4 is 0 Å². The van der Waals surface area contributed by atoms with E-state index >= 15 is 0 Å². The van der Waals surface area contributed by atoms with Crippen LogP contribution in [0, 0.1) is 5.92 Å². The Balaban J connectivity index is 2.31. The zero-order valence-electron chi connectivity index (χ0n) is 13.7. The van der Waals surface area contributed by atoms with Gasteiger partial charge in [-0.3, -0.25) is 4.98 Å². The number of hydrogen-bond donors (Lipinski definition) is 1. The van der Waals surface area contributed by atoms with E-state index in [-0.39, 0.29) is 17.2 Å². The lowest BCUT2D eigenvalue weighted by molar-refractivity contribution is -0.137. The molecule has 0 amide bonds.